The van der Waals surface area contributed by atoms with Crippen LogP contribution in [0.1, 0.15) is 28.1 Å². The largest absolute Gasteiger partial charge is 0.459 e. The number of likely N-dealkylation sites (tertiary alicyclic amines) is 1. The second-order valence-electron chi connectivity index (χ2n) is 4.99. The Kier molecular flexibility index (Phi) is 3.25. The molecule has 7 heteroatoms. The summed E-state index contributed by atoms with van der Waals surface area (Å²) in [6, 6.07) is 3.27. The van der Waals surface area contributed by atoms with Gasteiger partial charge in [0, 0.05) is 24.9 Å². The molecule has 0 aliphatic carbocycles. The number of halogens is 1. The number of amides is 1. The van der Waals surface area contributed by atoms with E-state index in [-0.39, 0.29) is 23.5 Å². The topological polar surface area (TPSA) is 75.0 Å². The highest BCUT2D eigenvalue weighted by Gasteiger charge is 2.39. The molecule has 1 saturated heterocycles. The van der Waals surface area contributed by atoms with Gasteiger partial charge in [-0.1, -0.05) is 0 Å². The fraction of sp³-hybridized carbons (Fsp3) is 0.462. The van der Waals surface area contributed by atoms with Crippen molar-refractivity contribution in [3.05, 3.63) is 35.8 Å². The lowest BCUT2D eigenvalue weighted by molar-refractivity contribution is 0.0753. The van der Waals surface area contributed by atoms with Crippen LogP contribution in [0.25, 0.3) is 0 Å². The number of rotatable bonds is 3. The van der Waals surface area contributed by atoms with Crippen molar-refractivity contribution in [3.8, 4) is 0 Å². The molecule has 2 atom stereocenters. The van der Waals surface area contributed by atoms with E-state index in [0.29, 0.717) is 24.7 Å². The molecule has 0 spiro atoms. The molecule has 1 aliphatic rings. The van der Waals surface area contributed by atoms with E-state index in [1.807, 2.05) is 0 Å². The zero-order valence-electron chi connectivity index (χ0n) is 11.0. The normalized spacial score (nSPS) is 22.4. The van der Waals surface area contributed by atoms with E-state index in [0.717, 1.165) is 0 Å². The highest BCUT2D eigenvalue weighted by atomic mass is 19.1. The van der Waals surface area contributed by atoms with Gasteiger partial charge in [-0.2, -0.15) is 5.10 Å². The molecule has 0 bridgehead atoms. The Bertz CT molecular complexity index is 595. The molecule has 1 N–H and O–H groups in total. The SMILES string of the molecule is Cc1nc([C@@H]2CN(C(=O)c3ccco3)C[C@H]2CF)n[nH]1. The van der Waals surface area contributed by atoms with Crippen molar-refractivity contribution in [1.29, 1.82) is 0 Å². The maximum Gasteiger partial charge on any atom is 0.289 e. The number of hydrogen-bond donors (Lipinski definition) is 1. The maximum absolute atomic E-state index is 13.2. The fourth-order valence-electron chi connectivity index (χ4n) is 2.57. The first kappa shape index (κ1) is 12.8. The first-order valence-electron chi connectivity index (χ1n) is 6.46. The predicted octanol–water partition coefficient (Wildman–Crippen LogP) is 1.53. The smallest absolute Gasteiger partial charge is 0.289 e. The van der Waals surface area contributed by atoms with Gasteiger partial charge >= 0.3 is 0 Å². The van der Waals surface area contributed by atoms with Crippen molar-refractivity contribution < 1.29 is 13.6 Å². The van der Waals surface area contributed by atoms with E-state index < -0.39 is 6.67 Å². The van der Waals surface area contributed by atoms with Gasteiger partial charge < -0.3 is 9.32 Å². The minimum Gasteiger partial charge on any atom is -0.459 e. The minimum absolute atomic E-state index is 0.177. The standard InChI is InChI=1S/C13H15FN4O2/c1-8-15-12(17-16-8)10-7-18(6-9(10)5-14)13(19)11-3-2-4-20-11/h2-4,9-10H,5-7H2,1H3,(H,15,16,17)/t9-,10-/m1/s1. The zero-order valence-corrected chi connectivity index (χ0v) is 11.0. The van der Waals surface area contributed by atoms with Crippen LogP contribution in [0.3, 0.4) is 0 Å². The third-order valence-electron chi connectivity index (χ3n) is 3.60. The second kappa shape index (κ2) is 5.07. The number of nitrogens with zero attached hydrogens (tertiary/aromatic N) is 3. The quantitative estimate of drug-likeness (QED) is 0.924. The van der Waals surface area contributed by atoms with Gasteiger partial charge in [0.05, 0.1) is 12.9 Å². The molecular weight excluding hydrogens is 263 g/mol. The Morgan fingerprint density at radius 1 is 1.60 bits per heavy atom. The van der Waals surface area contributed by atoms with Crippen molar-refractivity contribution >= 4 is 5.91 Å². The summed E-state index contributed by atoms with van der Waals surface area (Å²) in [7, 11) is 0. The highest BCUT2D eigenvalue weighted by molar-refractivity contribution is 5.91. The van der Waals surface area contributed by atoms with Gasteiger partial charge in [-0.3, -0.25) is 14.3 Å². The average molecular weight is 278 g/mol. The summed E-state index contributed by atoms with van der Waals surface area (Å²) in [4.78, 5) is 18.1. The fourth-order valence-corrected chi connectivity index (χ4v) is 2.57. The average Bonchev–Trinajstić information content (AvgIpc) is 3.17. The van der Waals surface area contributed by atoms with Crippen molar-refractivity contribution in [2.24, 2.45) is 5.92 Å². The lowest BCUT2D eigenvalue weighted by Crippen LogP contribution is -2.28. The molecule has 0 unspecified atom stereocenters. The van der Waals surface area contributed by atoms with Crippen molar-refractivity contribution in [2.75, 3.05) is 19.8 Å². The van der Waals surface area contributed by atoms with E-state index in [9.17, 15) is 9.18 Å². The van der Waals surface area contributed by atoms with Gasteiger partial charge in [0.2, 0.25) is 0 Å². The van der Waals surface area contributed by atoms with Crippen LogP contribution >= 0.6 is 0 Å². The molecule has 0 aromatic carbocycles. The Balaban J connectivity index is 1.79. The van der Waals surface area contributed by atoms with E-state index in [1.54, 1.807) is 24.0 Å². The second-order valence-corrected chi connectivity index (χ2v) is 4.99. The predicted molar refractivity (Wildman–Crippen MR) is 67.9 cm³/mol. The number of furan rings is 1. The lowest BCUT2D eigenvalue weighted by atomic mass is 9.97. The van der Waals surface area contributed by atoms with E-state index in [1.165, 1.54) is 6.26 Å². The van der Waals surface area contributed by atoms with Crippen molar-refractivity contribution in [2.45, 2.75) is 12.8 Å². The van der Waals surface area contributed by atoms with Gasteiger partial charge in [0.25, 0.3) is 5.91 Å². The molecule has 2 aromatic rings. The molecule has 0 radical (unpaired) electrons. The summed E-state index contributed by atoms with van der Waals surface area (Å²) in [5, 5.41) is 6.84. The highest BCUT2D eigenvalue weighted by Crippen LogP contribution is 2.32. The van der Waals surface area contributed by atoms with E-state index in [2.05, 4.69) is 15.2 Å². The van der Waals surface area contributed by atoms with Gasteiger partial charge in [-0.15, -0.1) is 0 Å². The zero-order chi connectivity index (χ0) is 14.1. The van der Waals surface area contributed by atoms with E-state index >= 15 is 0 Å². The number of nitrogens with one attached hydrogen (secondary N) is 1. The number of aryl methyl sites for hydroxylation is 1. The van der Waals surface area contributed by atoms with Gasteiger partial charge in [-0.05, 0) is 19.1 Å². The molecule has 1 aliphatic heterocycles. The third-order valence-corrected chi connectivity index (χ3v) is 3.60. The van der Waals surface area contributed by atoms with Gasteiger partial charge in [0.15, 0.2) is 11.6 Å². The number of alkyl halides is 1. The lowest BCUT2D eigenvalue weighted by Gasteiger charge is -2.13. The number of hydrogen-bond acceptors (Lipinski definition) is 4. The molecule has 3 heterocycles. The summed E-state index contributed by atoms with van der Waals surface area (Å²) in [6.07, 6.45) is 1.45. The number of aromatic amines is 1. The van der Waals surface area contributed by atoms with Gasteiger partial charge in [-0.25, -0.2) is 4.98 Å². The van der Waals surface area contributed by atoms with Crippen LogP contribution in [0.4, 0.5) is 4.39 Å². The molecule has 0 saturated carbocycles. The number of H-pyrrole nitrogens is 1. The van der Waals surface area contributed by atoms with Crippen molar-refractivity contribution in [1.82, 2.24) is 20.1 Å². The number of aromatic nitrogens is 3. The Morgan fingerprint density at radius 3 is 3.05 bits per heavy atom. The molecule has 6 nitrogen and oxygen atoms in total. The minimum atomic E-state index is -0.500. The molecule has 1 amide bonds. The Hall–Kier alpha value is -2.18. The molecule has 1 fully saturated rings. The maximum atomic E-state index is 13.2. The molecular formula is C13H15FN4O2. The van der Waals surface area contributed by atoms with Crippen LogP contribution in [-0.4, -0.2) is 45.8 Å². The Morgan fingerprint density at radius 2 is 2.45 bits per heavy atom. The number of carbonyl (C=O) groups excluding carboxylic acids is 1. The summed E-state index contributed by atoms with van der Waals surface area (Å²) in [6.45, 7) is 2.06. The van der Waals surface area contributed by atoms with Crippen molar-refractivity contribution in [3.63, 3.8) is 0 Å². The van der Waals surface area contributed by atoms with Crippen LogP contribution in [0.15, 0.2) is 22.8 Å². The van der Waals surface area contributed by atoms with E-state index in [4.69, 9.17) is 4.42 Å². The molecule has 2 aromatic heterocycles. The van der Waals surface area contributed by atoms with Crippen LogP contribution < -0.4 is 0 Å². The summed E-state index contributed by atoms with van der Waals surface area (Å²) < 4.78 is 18.3. The molecule has 3 rings (SSSR count). The first-order chi connectivity index (χ1) is 9.69. The summed E-state index contributed by atoms with van der Waals surface area (Å²) in [5.41, 5.74) is 0. The van der Waals surface area contributed by atoms with Gasteiger partial charge in [0.1, 0.15) is 5.82 Å². The summed E-state index contributed by atoms with van der Waals surface area (Å²) in [5.74, 6) is 0.860. The molecule has 106 valence electrons. The van der Waals surface area contributed by atoms with Crippen LogP contribution in [0, 0.1) is 12.8 Å². The first-order valence-corrected chi connectivity index (χ1v) is 6.46. The Labute approximate surface area is 115 Å². The van der Waals surface area contributed by atoms with Crippen LogP contribution in [0.5, 0.6) is 0 Å². The monoisotopic (exact) mass is 278 g/mol. The van der Waals surface area contributed by atoms with Crippen LogP contribution in [-0.2, 0) is 0 Å². The van der Waals surface area contributed by atoms with Crippen LogP contribution in [0.2, 0.25) is 0 Å². The third kappa shape index (κ3) is 2.19. The number of carbonyl (C=O) groups is 1. The summed E-state index contributed by atoms with van der Waals surface area (Å²) >= 11 is 0. The molecule has 20 heavy (non-hydrogen) atoms.